The van der Waals surface area contributed by atoms with Crippen molar-refractivity contribution in [3.8, 4) is 17.1 Å². The monoisotopic (exact) mass is 565 g/mol. The molecule has 1 aliphatic rings. The Labute approximate surface area is 247 Å². The number of carbonyl (C=O) groups excluding carboxylic acids is 1. The zero-order valence-corrected chi connectivity index (χ0v) is 23.7. The van der Waals surface area contributed by atoms with Crippen LogP contribution in [0.1, 0.15) is 32.6 Å². The number of pyridine rings is 1. The lowest BCUT2D eigenvalue weighted by Crippen LogP contribution is -2.13. The molecule has 9 nitrogen and oxygen atoms in total. The van der Waals surface area contributed by atoms with Crippen molar-refractivity contribution in [2.75, 3.05) is 16.0 Å². The van der Waals surface area contributed by atoms with Crippen LogP contribution >= 0.6 is 0 Å². The summed E-state index contributed by atoms with van der Waals surface area (Å²) in [5, 5.41) is 21.9. The van der Waals surface area contributed by atoms with Crippen LogP contribution in [0.3, 0.4) is 0 Å². The first kappa shape index (κ1) is 26.1. The molecule has 0 atom stereocenters. The van der Waals surface area contributed by atoms with Gasteiger partial charge in [0.05, 0.1) is 11.3 Å². The molecule has 0 spiro atoms. The Kier molecular flexibility index (Phi) is 6.20. The van der Waals surface area contributed by atoms with Crippen LogP contribution in [-0.2, 0) is 0 Å². The summed E-state index contributed by atoms with van der Waals surface area (Å²) in [5.41, 5.74) is 9.19. The van der Waals surface area contributed by atoms with Gasteiger partial charge in [0, 0.05) is 51.4 Å². The Morgan fingerprint density at radius 1 is 0.651 bits per heavy atom. The molecule has 4 N–H and O–H groups in total. The number of ketones is 1. The lowest BCUT2D eigenvalue weighted by Gasteiger charge is -2.23. The maximum atomic E-state index is 13.8. The number of hydrogen-bond acceptors (Lipinski definition) is 9. The molecule has 43 heavy (non-hydrogen) atoms. The van der Waals surface area contributed by atoms with Gasteiger partial charge in [-0.25, -0.2) is 0 Å². The number of carbonyl (C=O) groups is 1. The highest BCUT2D eigenvalue weighted by atomic mass is 16.3. The van der Waals surface area contributed by atoms with Crippen LogP contribution in [-0.4, -0.2) is 30.8 Å². The summed E-state index contributed by atoms with van der Waals surface area (Å²) in [6, 6.07) is 22.9. The van der Waals surface area contributed by atoms with Crippen molar-refractivity contribution in [3.05, 3.63) is 113 Å². The smallest absolute Gasteiger partial charge is 0.320 e. The molecule has 0 radical (unpaired) electrons. The maximum Gasteiger partial charge on any atom is 0.320 e. The first-order valence-electron chi connectivity index (χ1n) is 13.8. The summed E-state index contributed by atoms with van der Waals surface area (Å²) in [5.74, 6) is 0.367. The summed E-state index contributed by atoms with van der Waals surface area (Å²) in [6.07, 6.45) is 3.61. The van der Waals surface area contributed by atoms with Gasteiger partial charge in [-0.15, -0.1) is 0 Å². The van der Waals surface area contributed by atoms with E-state index in [2.05, 4.69) is 35.9 Å². The third kappa shape index (κ3) is 4.76. The van der Waals surface area contributed by atoms with Crippen molar-refractivity contribution in [2.24, 2.45) is 0 Å². The number of aryl methyl sites for hydroxylation is 3. The average Bonchev–Trinajstić information content (AvgIpc) is 2.99. The molecule has 0 saturated carbocycles. The molecule has 0 aliphatic heterocycles. The van der Waals surface area contributed by atoms with Gasteiger partial charge in [0.1, 0.15) is 0 Å². The number of hydrogen-bond donors (Lipinski definition) is 4. The SMILES string of the molecule is Cc1ccc(C)c(Nc2nc(O)nc(Nc3ccc(C)c(Nc4cccc5c4C(=O)c4cccc6cncc-5c46)c3)n2)c1. The Morgan fingerprint density at radius 3 is 2.21 bits per heavy atom. The van der Waals surface area contributed by atoms with E-state index in [-0.39, 0.29) is 17.7 Å². The van der Waals surface area contributed by atoms with E-state index >= 15 is 0 Å². The number of aromatic hydroxyl groups is 1. The van der Waals surface area contributed by atoms with Crippen LogP contribution in [0.15, 0.2) is 85.2 Å². The third-order valence-electron chi connectivity index (χ3n) is 7.64. The van der Waals surface area contributed by atoms with Crippen LogP contribution < -0.4 is 16.0 Å². The molecule has 2 aromatic heterocycles. The van der Waals surface area contributed by atoms with Gasteiger partial charge in [-0.3, -0.25) is 9.78 Å². The van der Waals surface area contributed by atoms with Crippen LogP contribution in [0.5, 0.6) is 6.01 Å². The molecule has 6 aromatic rings. The van der Waals surface area contributed by atoms with Gasteiger partial charge in [-0.05, 0) is 67.3 Å². The van der Waals surface area contributed by atoms with E-state index in [1.165, 1.54) is 0 Å². The van der Waals surface area contributed by atoms with E-state index in [0.717, 1.165) is 50.0 Å². The highest BCUT2D eigenvalue weighted by molar-refractivity contribution is 6.27. The van der Waals surface area contributed by atoms with E-state index in [0.29, 0.717) is 22.5 Å². The lowest BCUT2D eigenvalue weighted by molar-refractivity contribution is 0.104. The molecule has 0 fully saturated rings. The Balaban J connectivity index is 1.20. The predicted octanol–water partition coefficient (Wildman–Crippen LogP) is 7.49. The van der Waals surface area contributed by atoms with Crippen molar-refractivity contribution >= 4 is 51.2 Å². The minimum atomic E-state index is -0.407. The molecule has 2 heterocycles. The van der Waals surface area contributed by atoms with Crippen molar-refractivity contribution in [3.63, 3.8) is 0 Å². The number of nitrogens with one attached hydrogen (secondary N) is 3. The Bertz CT molecular complexity index is 2090. The molecule has 4 aromatic carbocycles. The van der Waals surface area contributed by atoms with Gasteiger partial charge in [-0.1, -0.05) is 48.5 Å². The molecule has 0 saturated heterocycles. The number of aromatic nitrogens is 4. The van der Waals surface area contributed by atoms with Gasteiger partial charge in [0.2, 0.25) is 11.9 Å². The number of anilines is 6. The van der Waals surface area contributed by atoms with Crippen molar-refractivity contribution in [2.45, 2.75) is 20.8 Å². The first-order chi connectivity index (χ1) is 20.8. The summed E-state index contributed by atoms with van der Waals surface area (Å²) in [4.78, 5) is 30.8. The van der Waals surface area contributed by atoms with E-state index in [1.54, 1.807) is 6.20 Å². The minimum Gasteiger partial charge on any atom is -0.479 e. The molecule has 0 bridgehead atoms. The van der Waals surface area contributed by atoms with E-state index in [1.807, 2.05) is 99.8 Å². The van der Waals surface area contributed by atoms with Gasteiger partial charge < -0.3 is 21.1 Å². The summed E-state index contributed by atoms with van der Waals surface area (Å²) >= 11 is 0. The fourth-order valence-corrected chi connectivity index (χ4v) is 5.46. The summed E-state index contributed by atoms with van der Waals surface area (Å²) in [7, 11) is 0. The fraction of sp³-hybridized carbons (Fsp3) is 0.0882. The molecule has 1 aliphatic carbocycles. The first-order valence-corrected chi connectivity index (χ1v) is 13.8. The topological polar surface area (TPSA) is 125 Å². The quantitative estimate of drug-likeness (QED) is 0.162. The molecule has 9 heteroatoms. The number of benzene rings is 4. The standard InChI is InChI=1S/C34H27N7O2/c1-18-10-11-19(2)27(14-18)38-33-39-32(40-34(43)41-33)36-22-13-12-20(3)28(15-22)37-26-9-5-7-23-25-17-35-16-21-6-4-8-24(29(21)25)31(42)30(23)26/h4-17,37H,1-3H3,(H3,36,38,39,40,41,43). The summed E-state index contributed by atoms with van der Waals surface area (Å²) < 4.78 is 0. The van der Waals surface area contributed by atoms with Crippen molar-refractivity contribution in [1.29, 1.82) is 0 Å². The van der Waals surface area contributed by atoms with Gasteiger partial charge >= 0.3 is 6.01 Å². The van der Waals surface area contributed by atoms with Crippen LogP contribution in [0.2, 0.25) is 0 Å². The highest BCUT2D eigenvalue weighted by Crippen LogP contribution is 2.42. The van der Waals surface area contributed by atoms with E-state index in [4.69, 9.17) is 0 Å². The summed E-state index contributed by atoms with van der Waals surface area (Å²) in [6.45, 7) is 5.98. The Hall–Kier alpha value is -5.83. The molecule has 0 amide bonds. The molecular weight excluding hydrogens is 538 g/mol. The number of nitrogens with zero attached hydrogens (tertiary/aromatic N) is 4. The van der Waals surface area contributed by atoms with Gasteiger partial charge in [0.25, 0.3) is 0 Å². The Morgan fingerprint density at radius 2 is 1.37 bits per heavy atom. The van der Waals surface area contributed by atoms with E-state index in [9.17, 15) is 9.90 Å². The number of fused-ring (bicyclic) bond motifs is 2. The number of rotatable bonds is 6. The zero-order valence-electron chi connectivity index (χ0n) is 23.7. The minimum absolute atomic E-state index is 0.0288. The van der Waals surface area contributed by atoms with Crippen molar-refractivity contribution in [1.82, 2.24) is 19.9 Å². The lowest BCUT2D eigenvalue weighted by atomic mass is 9.83. The highest BCUT2D eigenvalue weighted by Gasteiger charge is 2.28. The second-order valence-electron chi connectivity index (χ2n) is 10.7. The fourth-order valence-electron chi connectivity index (χ4n) is 5.46. The van der Waals surface area contributed by atoms with Crippen LogP contribution in [0, 0.1) is 20.8 Å². The van der Waals surface area contributed by atoms with E-state index < -0.39 is 6.01 Å². The molecular formula is C34H27N7O2. The predicted molar refractivity (Wildman–Crippen MR) is 169 cm³/mol. The molecule has 7 rings (SSSR count). The molecule has 210 valence electrons. The zero-order chi connectivity index (χ0) is 29.7. The average molecular weight is 566 g/mol. The molecule has 0 unspecified atom stereocenters. The maximum absolute atomic E-state index is 13.8. The second-order valence-corrected chi connectivity index (χ2v) is 10.7. The van der Waals surface area contributed by atoms with Gasteiger partial charge in [0.15, 0.2) is 5.78 Å². The van der Waals surface area contributed by atoms with Crippen molar-refractivity contribution < 1.29 is 9.90 Å². The second kappa shape index (κ2) is 10.2. The van der Waals surface area contributed by atoms with Crippen LogP contribution in [0.25, 0.3) is 21.9 Å². The van der Waals surface area contributed by atoms with Crippen LogP contribution in [0.4, 0.5) is 34.6 Å². The third-order valence-corrected chi connectivity index (χ3v) is 7.64. The van der Waals surface area contributed by atoms with Gasteiger partial charge in [-0.2, -0.15) is 15.0 Å². The normalized spacial score (nSPS) is 11.7. The largest absolute Gasteiger partial charge is 0.479 e.